The third-order valence-corrected chi connectivity index (χ3v) is 0.997. The summed E-state index contributed by atoms with van der Waals surface area (Å²) >= 11 is 0. The van der Waals surface area contributed by atoms with E-state index in [1.54, 1.807) is 0 Å². The van der Waals surface area contributed by atoms with Gasteiger partial charge in [-0.15, -0.1) is 0 Å². The third-order valence-electron chi connectivity index (χ3n) is 0.997. The molecule has 0 aromatic rings. The normalized spacial score (nSPS) is 17.4. The van der Waals surface area contributed by atoms with Gasteiger partial charge in [0.15, 0.2) is 6.17 Å². The summed E-state index contributed by atoms with van der Waals surface area (Å²) in [4.78, 5) is 9.07. The van der Waals surface area contributed by atoms with Crippen molar-refractivity contribution < 1.29 is 9.31 Å². The van der Waals surface area contributed by atoms with Gasteiger partial charge in [-0.3, -0.25) is 10.1 Å². The minimum Gasteiger partial charge on any atom is -0.264 e. The van der Waals surface area contributed by atoms with Crippen LogP contribution in [0, 0.1) is 10.1 Å². The lowest BCUT2D eigenvalue weighted by Gasteiger charge is -2.01. The SMILES string of the molecule is CC(F)[C@@H](C)[N+](=O)[O-]. The Bertz CT molecular complexity index is 94.0. The Hall–Kier alpha value is -0.670. The van der Waals surface area contributed by atoms with Crippen molar-refractivity contribution in [2.45, 2.75) is 26.1 Å². The largest absolute Gasteiger partial charge is 0.264 e. The minimum absolute atomic E-state index is 0.634. The van der Waals surface area contributed by atoms with Gasteiger partial charge < -0.3 is 0 Å². The molecule has 0 heterocycles. The molecule has 0 amide bonds. The van der Waals surface area contributed by atoms with Crippen molar-refractivity contribution in [3.05, 3.63) is 10.1 Å². The van der Waals surface area contributed by atoms with Gasteiger partial charge in [0, 0.05) is 11.8 Å². The van der Waals surface area contributed by atoms with Crippen LogP contribution < -0.4 is 0 Å². The maximum Gasteiger partial charge on any atom is 0.240 e. The predicted octanol–water partition coefficient (Wildman–Crippen LogP) is 1.01. The van der Waals surface area contributed by atoms with Crippen LogP contribution in [0.25, 0.3) is 0 Å². The molecule has 0 N–H and O–H groups in total. The van der Waals surface area contributed by atoms with Crippen molar-refractivity contribution in [2.24, 2.45) is 0 Å². The van der Waals surface area contributed by atoms with E-state index in [-0.39, 0.29) is 0 Å². The first-order chi connectivity index (χ1) is 3.55. The van der Waals surface area contributed by atoms with Crippen molar-refractivity contribution in [1.82, 2.24) is 0 Å². The lowest BCUT2D eigenvalue weighted by molar-refractivity contribution is -0.525. The highest BCUT2D eigenvalue weighted by Gasteiger charge is 2.20. The summed E-state index contributed by atoms with van der Waals surface area (Å²) in [7, 11) is 0. The van der Waals surface area contributed by atoms with Gasteiger partial charge >= 0.3 is 0 Å². The summed E-state index contributed by atoms with van der Waals surface area (Å²) in [5.74, 6) is 0. The topological polar surface area (TPSA) is 43.1 Å². The van der Waals surface area contributed by atoms with Gasteiger partial charge in [-0.25, -0.2) is 4.39 Å². The predicted molar refractivity (Wildman–Crippen MR) is 27.0 cm³/mol. The zero-order chi connectivity index (χ0) is 6.73. The molecule has 0 saturated heterocycles. The fourth-order valence-corrected chi connectivity index (χ4v) is 0.168. The van der Waals surface area contributed by atoms with Crippen LogP contribution in [0.15, 0.2) is 0 Å². The zero-order valence-electron chi connectivity index (χ0n) is 4.80. The summed E-state index contributed by atoms with van der Waals surface area (Å²) in [6, 6.07) is -1.07. The van der Waals surface area contributed by atoms with E-state index in [1.807, 2.05) is 0 Å². The monoisotopic (exact) mass is 121 g/mol. The van der Waals surface area contributed by atoms with Crippen LogP contribution >= 0.6 is 0 Å². The quantitative estimate of drug-likeness (QED) is 0.404. The van der Waals surface area contributed by atoms with Gasteiger partial charge in [0.2, 0.25) is 6.04 Å². The first-order valence-corrected chi connectivity index (χ1v) is 2.33. The number of rotatable bonds is 2. The fourth-order valence-electron chi connectivity index (χ4n) is 0.168. The van der Waals surface area contributed by atoms with E-state index in [4.69, 9.17) is 0 Å². The van der Waals surface area contributed by atoms with Gasteiger partial charge in [0.05, 0.1) is 0 Å². The highest BCUT2D eigenvalue weighted by molar-refractivity contribution is 4.54. The standard InChI is InChI=1S/C4H8FNO2/c1-3(5)4(2)6(7)8/h3-4H,1-2H3/t3?,4-/m1/s1. The Labute approximate surface area is 46.7 Å². The molecule has 0 radical (unpaired) electrons. The molecule has 8 heavy (non-hydrogen) atoms. The molecule has 4 heteroatoms. The summed E-state index contributed by atoms with van der Waals surface area (Å²) < 4.78 is 11.9. The Morgan fingerprint density at radius 1 is 1.62 bits per heavy atom. The van der Waals surface area contributed by atoms with E-state index < -0.39 is 17.1 Å². The molecular formula is C4H8FNO2. The molecule has 0 rings (SSSR count). The van der Waals surface area contributed by atoms with E-state index in [2.05, 4.69) is 0 Å². The molecule has 0 fully saturated rings. The molecule has 0 bridgehead atoms. The van der Waals surface area contributed by atoms with Crippen LogP contribution in [-0.2, 0) is 0 Å². The van der Waals surface area contributed by atoms with Gasteiger partial charge in [-0.05, 0) is 6.92 Å². The van der Waals surface area contributed by atoms with Crippen molar-refractivity contribution in [2.75, 3.05) is 0 Å². The van der Waals surface area contributed by atoms with Crippen LogP contribution in [-0.4, -0.2) is 17.1 Å². The van der Waals surface area contributed by atoms with Gasteiger partial charge in [-0.1, -0.05) is 0 Å². The highest BCUT2D eigenvalue weighted by atomic mass is 19.1. The molecule has 0 aromatic heterocycles. The summed E-state index contributed by atoms with van der Waals surface area (Å²) in [5, 5.41) is 9.71. The Kier molecular flexibility index (Phi) is 2.37. The Morgan fingerprint density at radius 2 is 2.00 bits per heavy atom. The number of alkyl halides is 1. The van der Waals surface area contributed by atoms with Crippen LogP contribution in [0.5, 0.6) is 0 Å². The average Bonchev–Trinajstić information content (AvgIpc) is 1.64. The maximum atomic E-state index is 11.9. The third kappa shape index (κ3) is 1.86. The number of nitro groups is 1. The molecule has 0 saturated carbocycles. The molecule has 0 spiro atoms. The summed E-state index contributed by atoms with van der Waals surface area (Å²) in [5.41, 5.74) is 0. The second-order valence-corrected chi connectivity index (χ2v) is 1.70. The van der Waals surface area contributed by atoms with Gasteiger partial charge in [0.25, 0.3) is 0 Å². The van der Waals surface area contributed by atoms with E-state index in [9.17, 15) is 14.5 Å². The smallest absolute Gasteiger partial charge is 0.240 e. The molecule has 3 nitrogen and oxygen atoms in total. The zero-order valence-corrected chi connectivity index (χ0v) is 4.80. The molecule has 0 aromatic carbocycles. The molecule has 48 valence electrons. The molecule has 0 aliphatic rings. The fraction of sp³-hybridized carbons (Fsp3) is 1.00. The van der Waals surface area contributed by atoms with Gasteiger partial charge in [0.1, 0.15) is 0 Å². The maximum absolute atomic E-state index is 11.9. The lowest BCUT2D eigenvalue weighted by Crippen LogP contribution is -2.24. The second kappa shape index (κ2) is 2.59. The molecule has 1 unspecified atom stereocenters. The van der Waals surface area contributed by atoms with Crippen molar-refractivity contribution in [3.63, 3.8) is 0 Å². The Morgan fingerprint density at radius 3 is 2.00 bits per heavy atom. The summed E-state index contributed by atoms with van der Waals surface area (Å²) in [6.07, 6.45) is -1.36. The second-order valence-electron chi connectivity index (χ2n) is 1.70. The molecular weight excluding hydrogens is 113 g/mol. The van der Waals surface area contributed by atoms with Crippen LogP contribution in [0.4, 0.5) is 4.39 Å². The number of halogens is 1. The molecule has 2 atom stereocenters. The van der Waals surface area contributed by atoms with Crippen LogP contribution in [0.1, 0.15) is 13.8 Å². The van der Waals surface area contributed by atoms with Crippen molar-refractivity contribution in [1.29, 1.82) is 0 Å². The minimum atomic E-state index is -1.36. The van der Waals surface area contributed by atoms with E-state index in [0.717, 1.165) is 0 Å². The van der Waals surface area contributed by atoms with E-state index in [1.165, 1.54) is 13.8 Å². The van der Waals surface area contributed by atoms with Crippen molar-refractivity contribution >= 4 is 0 Å². The highest BCUT2D eigenvalue weighted by Crippen LogP contribution is 1.99. The number of nitrogens with zero attached hydrogens (tertiary/aromatic N) is 1. The van der Waals surface area contributed by atoms with Gasteiger partial charge in [-0.2, -0.15) is 0 Å². The lowest BCUT2D eigenvalue weighted by atomic mass is 10.2. The van der Waals surface area contributed by atoms with E-state index in [0.29, 0.717) is 0 Å². The van der Waals surface area contributed by atoms with E-state index >= 15 is 0 Å². The number of hydrogen-bond acceptors (Lipinski definition) is 2. The van der Waals surface area contributed by atoms with Crippen LogP contribution in [0.2, 0.25) is 0 Å². The molecule has 0 aliphatic carbocycles. The summed E-state index contributed by atoms with van der Waals surface area (Å²) in [6.45, 7) is 2.41. The van der Waals surface area contributed by atoms with Crippen LogP contribution in [0.3, 0.4) is 0 Å². The average molecular weight is 121 g/mol. The first kappa shape index (κ1) is 7.33. The number of hydrogen-bond donors (Lipinski definition) is 0. The Balaban J connectivity index is 3.64. The first-order valence-electron chi connectivity index (χ1n) is 2.33. The van der Waals surface area contributed by atoms with Crippen molar-refractivity contribution in [3.8, 4) is 0 Å². The molecule has 0 aliphatic heterocycles.